The smallest absolute Gasteiger partial charge is 0.191 e. The monoisotopic (exact) mass is 460 g/mol. The number of nitrogens with one attached hydrogen (secondary N) is 2. The van der Waals surface area contributed by atoms with E-state index in [4.69, 9.17) is 4.74 Å². The molecule has 1 aliphatic rings. The molecular formula is C19H33IN4O. The Morgan fingerprint density at radius 3 is 2.40 bits per heavy atom. The number of hydrogen-bond acceptors (Lipinski definition) is 3. The fraction of sp³-hybridized carbons (Fsp3) is 0.632. The first-order valence-corrected chi connectivity index (χ1v) is 9.06. The lowest BCUT2D eigenvalue weighted by molar-refractivity contribution is 0.203. The molecule has 0 aromatic heterocycles. The summed E-state index contributed by atoms with van der Waals surface area (Å²) in [7, 11) is 3.50. The third kappa shape index (κ3) is 8.37. The molecule has 0 unspecified atom stereocenters. The van der Waals surface area contributed by atoms with Crippen LogP contribution in [0.1, 0.15) is 36.8 Å². The van der Waals surface area contributed by atoms with Crippen LogP contribution in [0.3, 0.4) is 0 Å². The van der Waals surface area contributed by atoms with Crippen LogP contribution in [0.5, 0.6) is 0 Å². The summed E-state index contributed by atoms with van der Waals surface area (Å²) in [5.41, 5.74) is 2.76. The molecule has 0 atom stereocenters. The van der Waals surface area contributed by atoms with Crippen LogP contribution in [0.25, 0.3) is 0 Å². The molecule has 0 radical (unpaired) electrons. The topological polar surface area (TPSA) is 48.9 Å². The highest BCUT2D eigenvalue weighted by molar-refractivity contribution is 14.0. The van der Waals surface area contributed by atoms with Gasteiger partial charge in [0.2, 0.25) is 0 Å². The van der Waals surface area contributed by atoms with Crippen molar-refractivity contribution in [2.75, 3.05) is 40.4 Å². The molecule has 0 aliphatic carbocycles. The number of hydrogen-bond donors (Lipinski definition) is 2. The van der Waals surface area contributed by atoms with Crippen molar-refractivity contribution >= 4 is 29.9 Å². The van der Waals surface area contributed by atoms with E-state index in [0.29, 0.717) is 6.61 Å². The van der Waals surface area contributed by atoms with Crippen molar-refractivity contribution in [2.45, 2.75) is 38.8 Å². The first kappa shape index (κ1) is 22.2. The standard InChI is InChI=1S/C19H32N4O.HI/c1-20-19(21-11-14-24-2)22-15-17-9-5-6-10-18(17)16-23-12-7-3-4-8-13-23;/h5-6,9-10H,3-4,7-8,11-16H2,1-2H3,(H2,20,21,22);1H. The SMILES string of the molecule is CN=C(NCCOC)NCc1ccccc1CN1CCCCCC1.I. The van der Waals surface area contributed by atoms with Gasteiger partial charge in [0.25, 0.3) is 0 Å². The molecule has 5 nitrogen and oxygen atoms in total. The van der Waals surface area contributed by atoms with Crippen LogP contribution < -0.4 is 10.6 Å². The van der Waals surface area contributed by atoms with Gasteiger partial charge in [0.1, 0.15) is 0 Å². The minimum Gasteiger partial charge on any atom is -0.383 e. The lowest BCUT2D eigenvalue weighted by Crippen LogP contribution is -2.38. The molecule has 25 heavy (non-hydrogen) atoms. The Bertz CT molecular complexity index is 502. The van der Waals surface area contributed by atoms with Gasteiger partial charge in [0.15, 0.2) is 5.96 Å². The molecule has 6 heteroatoms. The molecule has 1 aromatic rings. The van der Waals surface area contributed by atoms with E-state index in [1.165, 1.54) is 49.9 Å². The van der Waals surface area contributed by atoms with Gasteiger partial charge >= 0.3 is 0 Å². The van der Waals surface area contributed by atoms with Crippen molar-refractivity contribution in [1.29, 1.82) is 0 Å². The van der Waals surface area contributed by atoms with Gasteiger partial charge in [-0.05, 0) is 37.1 Å². The summed E-state index contributed by atoms with van der Waals surface area (Å²) < 4.78 is 5.06. The van der Waals surface area contributed by atoms with Gasteiger partial charge in [-0.2, -0.15) is 0 Å². The van der Waals surface area contributed by atoms with Crippen molar-refractivity contribution in [3.8, 4) is 0 Å². The minimum atomic E-state index is 0. The van der Waals surface area contributed by atoms with E-state index in [0.717, 1.165) is 25.6 Å². The van der Waals surface area contributed by atoms with E-state index in [-0.39, 0.29) is 24.0 Å². The number of nitrogens with zero attached hydrogens (tertiary/aromatic N) is 2. The summed E-state index contributed by atoms with van der Waals surface area (Å²) >= 11 is 0. The number of rotatable bonds is 7. The van der Waals surface area contributed by atoms with Gasteiger partial charge in [-0.15, -0.1) is 24.0 Å². The van der Waals surface area contributed by atoms with Crippen LogP contribution >= 0.6 is 24.0 Å². The molecule has 0 spiro atoms. The lowest BCUT2D eigenvalue weighted by Gasteiger charge is -2.22. The number of aliphatic imine (C=N–C) groups is 1. The Morgan fingerprint density at radius 1 is 1.08 bits per heavy atom. The number of benzene rings is 1. The fourth-order valence-corrected chi connectivity index (χ4v) is 3.09. The van der Waals surface area contributed by atoms with Crippen LogP contribution in [0.15, 0.2) is 29.3 Å². The zero-order valence-corrected chi connectivity index (χ0v) is 17.9. The van der Waals surface area contributed by atoms with Crippen molar-refractivity contribution in [1.82, 2.24) is 15.5 Å². The maximum absolute atomic E-state index is 5.06. The Morgan fingerprint density at radius 2 is 1.76 bits per heavy atom. The quantitative estimate of drug-likeness (QED) is 0.284. The fourth-order valence-electron chi connectivity index (χ4n) is 3.09. The number of guanidine groups is 1. The lowest BCUT2D eigenvalue weighted by atomic mass is 10.1. The number of ether oxygens (including phenoxy) is 1. The summed E-state index contributed by atoms with van der Waals surface area (Å²) in [5.74, 6) is 0.816. The van der Waals surface area contributed by atoms with E-state index in [1.807, 2.05) is 0 Å². The molecule has 1 heterocycles. The second kappa shape index (κ2) is 13.4. The molecule has 2 rings (SSSR count). The Hall–Kier alpha value is -0.860. The summed E-state index contributed by atoms with van der Waals surface area (Å²) in [6.45, 7) is 5.71. The maximum atomic E-state index is 5.06. The number of likely N-dealkylation sites (tertiary alicyclic amines) is 1. The van der Waals surface area contributed by atoms with Crippen molar-refractivity contribution < 1.29 is 4.74 Å². The van der Waals surface area contributed by atoms with Crippen LogP contribution in [0.2, 0.25) is 0 Å². The Balaban J connectivity index is 0.00000312. The molecule has 0 amide bonds. The van der Waals surface area contributed by atoms with Gasteiger partial charge in [0.05, 0.1) is 6.61 Å². The molecule has 1 fully saturated rings. The van der Waals surface area contributed by atoms with E-state index in [9.17, 15) is 0 Å². The third-order valence-corrected chi connectivity index (χ3v) is 4.48. The van der Waals surface area contributed by atoms with Crippen molar-refractivity contribution in [2.24, 2.45) is 4.99 Å². The van der Waals surface area contributed by atoms with Crippen LogP contribution in [-0.4, -0.2) is 51.3 Å². The highest BCUT2D eigenvalue weighted by Crippen LogP contribution is 2.16. The van der Waals surface area contributed by atoms with Crippen LogP contribution in [0, 0.1) is 0 Å². The maximum Gasteiger partial charge on any atom is 0.191 e. The molecule has 142 valence electrons. The van der Waals surface area contributed by atoms with Crippen molar-refractivity contribution in [3.63, 3.8) is 0 Å². The van der Waals surface area contributed by atoms with Gasteiger partial charge in [-0.1, -0.05) is 37.1 Å². The Kier molecular flexibility index (Phi) is 11.9. The molecule has 1 aliphatic heterocycles. The zero-order valence-electron chi connectivity index (χ0n) is 15.6. The molecular weight excluding hydrogens is 427 g/mol. The highest BCUT2D eigenvalue weighted by atomic mass is 127. The van der Waals surface area contributed by atoms with Gasteiger partial charge in [0, 0.05) is 33.8 Å². The summed E-state index contributed by atoms with van der Waals surface area (Å²) in [6, 6.07) is 8.72. The molecule has 0 bridgehead atoms. The third-order valence-electron chi connectivity index (χ3n) is 4.48. The van der Waals surface area contributed by atoms with Gasteiger partial charge in [-0.25, -0.2) is 0 Å². The minimum absolute atomic E-state index is 0. The van der Waals surface area contributed by atoms with Gasteiger partial charge in [-0.3, -0.25) is 9.89 Å². The van der Waals surface area contributed by atoms with E-state index >= 15 is 0 Å². The molecule has 2 N–H and O–H groups in total. The van der Waals surface area contributed by atoms with Crippen LogP contribution in [0.4, 0.5) is 0 Å². The number of halogens is 1. The van der Waals surface area contributed by atoms with E-state index in [2.05, 4.69) is 44.8 Å². The summed E-state index contributed by atoms with van der Waals surface area (Å²) in [5, 5.41) is 6.65. The van der Waals surface area contributed by atoms with E-state index < -0.39 is 0 Å². The Labute approximate surface area is 169 Å². The van der Waals surface area contributed by atoms with Crippen LogP contribution in [-0.2, 0) is 17.8 Å². The predicted octanol–water partition coefficient (Wildman–Crippen LogP) is 2.99. The highest BCUT2D eigenvalue weighted by Gasteiger charge is 2.11. The van der Waals surface area contributed by atoms with Gasteiger partial charge < -0.3 is 15.4 Å². The predicted molar refractivity (Wildman–Crippen MR) is 116 cm³/mol. The first-order valence-electron chi connectivity index (χ1n) is 9.06. The molecule has 0 saturated carbocycles. The molecule has 1 aromatic carbocycles. The second-order valence-electron chi connectivity index (χ2n) is 6.30. The normalized spacial score (nSPS) is 16.0. The summed E-state index contributed by atoms with van der Waals surface area (Å²) in [4.78, 5) is 6.86. The molecule has 1 saturated heterocycles. The second-order valence-corrected chi connectivity index (χ2v) is 6.30. The largest absolute Gasteiger partial charge is 0.383 e. The van der Waals surface area contributed by atoms with Crippen molar-refractivity contribution in [3.05, 3.63) is 35.4 Å². The van der Waals surface area contributed by atoms with E-state index in [1.54, 1.807) is 14.2 Å². The average Bonchev–Trinajstić information content (AvgIpc) is 2.88. The summed E-state index contributed by atoms with van der Waals surface area (Å²) in [6.07, 6.45) is 5.42. The first-order chi connectivity index (χ1) is 11.8. The zero-order chi connectivity index (χ0) is 17.0. The average molecular weight is 460 g/mol. The number of methoxy groups -OCH3 is 1.